The molecule has 0 spiro atoms. The van der Waals surface area contributed by atoms with Gasteiger partial charge < -0.3 is 16.0 Å². The van der Waals surface area contributed by atoms with Crippen LogP contribution in [0.3, 0.4) is 0 Å². The number of nitrogen functional groups attached to an aromatic ring is 1. The predicted molar refractivity (Wildman–Crippen MR) is 76.6 cm³/mol. The Hall–Kier alpha value is -2.22. The van der Waals surface area contributed by atoms with Gasteiger partial charge in [0.25, 0.3) is 0 Å². The van der Waals surface area contributed by atoms with E-state index in [-0.39, 0.29) is 5.91 Å². The van der Waals surface area contributed by atoms with E-state index in [0.717, 1.165) is 13.1 Å². The molecule has 0 saturated heterocycles. The van der Waals surface area contributed by atoms with E-state index in [0.29, 0.717) is 29.9 Å². The van der Waals surface area contributed by atoms with Crippen LogP contribution in [0.15, 0.2) is 18.2 Å². The minimum absolute atomic E-state index is 0.117. The van der Waals surface area contributed by atoms with Crippen LogP contribution in [0.4, 0.5) is 11.4 Å². The predicted octanol–water partition coefficient (Wildman–Crippen LogP) is 1.81. The van der Waals surface area contributed by atoms with Crippen LogP contribution in [0, 0.1) is 11.3 Å². The lowest BCUT2D eigenvalue weighted by atomic mass is 10.1. The maximum atomic E-state index is 11.8. The van der Waals surface area contributed by atoms with E-state index in [1.807, 2.05) is 13.8 Å². The Labute approximate surface area is 114 Å². The lowest BCUT2D eigenvalue weighted by Crippen LogP contribution is -2.31. The van der Waals surface area contributed by atoms with E-state index in [1.165, 1.54) is 0 Å². The molecule has 19 heavy (non-hydrogen) atoms. The summed E-state index contributed by atoms with van der Waals surface area (Å²) in [5.41, 5.74) is 7.38. The molecule has 0 saturated carbocycles. The molecule has 1 rings (SSSR count). The molecule has 3 N–H and O–H groups in total. The van der Waals surface area contributed by atoms with Crippen molar-refractivity contribution in [2.75, 3.05) is 30.7 Å². The SMILES string of the molecule is CCN(CC)C(=O)CCNc1ccc(N)cc1C#N. The molecular weight excluding hydrogens is 240 g/mol. The molecule has 0 unspecified atom stereocenters. The zero-order valence-electron chi connectivity index (χ0n) is 11.4. The fraction of sp³-hybridized carbons (Fsp3) is 0.429. The van der Waals surface area contributed by atoms with Gasteiger partial charge in [-0.1, -0.05) is 0 Å². The second kappa shape index (κ2) is 7.27. The summed E-state index contributed by atoms with van der Waals surface area (Å²) in [5, 5.41) is 12.1. The number of hydrogen-bond acceptors (Lipinski definition) is 4. The molecule has 5 heteroatoms. The van der Waals surface area contributed by atoms with Crippen molar-refractivity contribution >= 4 is 17.3 Å². The minimum Gasteiger partial charge on any atom is -0.399 e. The highest BCUT2D eigenvalue weighted by Crippen LogP contribution is 2.17. The van der Waals surface area contributed by atoms with Crippen molar-refractivity contribution < 1.29 is 4.79 Å². The lowest BCUT2D eigenvalue weighted by Gasteiger charge is -2.18. The molecular formula is C14H20N4O. The molecule has 0 aliphatic heterocycles. The largest absolute Gasteiger partial charge is 0.399 e. The molecule has 0 fully saturated rings. The summed E-state index contributed by atoms with van der Waals surface area (Å²) in [6, 6.07) is 7.19. The van der Waals surface area contributed by atoms with Gasteiger partial charge in [-0.3, -0.25) is 4.79 Å². The lowest BCUT2D eigenvalue weighted by molar-refractivity contribution is -0.130. The first-order chi connectivity index (χ1) is 9.12. The normalized spacial score (nSPS) is 9.74. The summed E-state index contributed by atoms with van der Waals surface area (Å²) in [6.45, 7) is 5.88. The number of carbonyl (C=O) groups excluding carboxylic acids is 1. The monoisotopic (exact) mass is 260 g/mol. The number of benzene rings is 1. The maximum absolute atomic E-state index is 11.8. The Morgan fingerprint density at radius 2 is 2.11 bits per heavy atom. The van der Waals surface area contributed by atoms with Crippen molar-refractivity contribution in [1.82, 2.24) is 4.90 Å². The summed E-state index contributed by atoms with van der Waals surface area (Å²) in [4.78, 5) is 13.6. The highest BCUT2D eigenvalue weighted by atomic mass is 16.2. The molecule has 0 aromatic heterocycles. The molecule has 1 aromatic rings. The average molecular weight is 260 g/mol. The quantitative estimate of drug-likeness (QED) is 0.764. The first kappa shape index (κ1) is 14.8. The van der Waals surface area contributed by atoms with E-state index in [2.05, 4.69) is 11.4 Å². The van der Waals surface area contributed by atoms with Gasteiger partial charge in [-0.05, 0) is 32.0 Å². The number of nitriles is 1. The summed E-state index contributed by atoms with van der Waals surface area (Å²) < 4.78 is 0. The standard InChI is InChI=1S/C14H20N4O/c1-3-18(4-2)14(19)7-8-17-13-6-5-12(16)9-11(13)10-15/h5-6,9,17H,3-4,7-8,16H2,1-2H3. The van der Waals surface area contributed by atoms with Gasteiger partial charge in [0.1, 0.15) is 6.07 Å². The zero-order valence-corrected chi connectivity index (χ0v) is 11.4. The van der Waals surface area contributed by atoms with Crippen LogP contribution < -0.4 is 11.1 Å². The van der Waals surface area contributed by atoms with E-state index >= 15 is 0 Å². The number of anilines is 2. The van der Waals surface area contributed by atoms with Crippen LogP contribution in [-0.2, 0) is 4.79 Å². The fourth-order valence-electron chi connectivity index (χ4n) is 1.85. The molecule has 0 radical (unpaired) electrons. The zero-order chi connectivity index (χ0) is 14.3. The second-order valence-corrected chi connectivity index (χ2v) is 4.16. The number of nitrogens with two attached hydrogens (primary N) is 1. The number of nitrogens with zero attached hydrogens (tertiary/aromatic N) is 2. The number of hydrogen-bond donors (Lipinski definition) is 2. The van der Waals surface area contributed by atoms with Gasteiger partial charge in [-0.25, -0.2) is 0 Å². The smallest absolute Gasteiger partial charge is 0.224 e. The van der Waals surface area contributed by atoms with Gasteiger partial charge in [-0.2, -0.15) is 5.26 Å². The molecule has 1 aromatic carbocycles. The van der Waals surface area contributed by atoms with E-state index < -0.39 is 0 Å². The Balaban J connectivity index is 2.54. The molecule has 0 atom stereocenters. The van der Waals surface area contributed by atoms with Crippen LogP contribution in [-0.4, -0.2) is 30.4 Å². The summed E-state index contributed by atoms with van der Waals surface area (Å²) >= 11 is 0. The fourth-order valence-corrected chi connectivity index (χ4v) is 1.85. The molecule has 0 heterocycles. The maximum Gasteiger partial charge on any atom is 0.224 e. The van der Waals surface area contributed by atoms with Crippen molar-refractivity contribution in [2.45, 2.75) is 20.3 Å². The van der Waals surface area contributed by atoms with Crippen LogP contribution in [0.5, 0.6) is 0 Å². The summed E-state index contributed by atoms with van der Waals surface area (Å²) in [6.07, 6.45) is 0.414. The third-order valence-electron chi connectivity index (χ3n) is 2.93. The molecule has 0 aliphatic rings. The highest BCUT2D eigenvalue weighted by molar-refractivity contribution is 5.76. The van der Waals surface area contributed by atoms with Crippen molar-refractivity contribution in [1.29, 1.82) is 5.26 Å². The minimum atomic E-state index is 0.117. The Kier molecular flexibility index (Phi) is 5.68. The number of carbonyl (C=O) groups is 1. The van der Waals surface area contributed by atoms with Crippen molar-refractivity contribution in [2.24, 2.45) is 0 Å². The third-order valence-corrected chi connectivity index (χ3v) is 2.93. The molecule has 1 amide bonds. The van der Waals surface area contributed by atoms with Crippen LogP contribution >= 0.6 is 0 Å². The van der Waals surface area contributed by atoms with E-state index in [9.17, 15) is 4.79 Å². The van der Waals surface area contributed by atoms with E-state index in [4.69, 9.17) is 11.0 Å². The van der Waals surface area contributed by atoms with E-state index in [1.54, 1.807) is 23.1 Å². The Bertz CT molecular complexity index is 475. The topological polar surface area (TPSA) is 82.2 Å². The summed E-state index contributed by atoms with van der Waals surface area (Å²) in [7, 11) is 0. The molecule has 5 nitrogen and oxygen atoms in total. The van der Waals surface area contributed by atoms with Crippen molar-refractivity contribution in [3.63, 3.8) is 0 Å². The Morgan fingerprint density at radius 3 is 2.68 bits per heavy atom. The van der Waals surface area contributed by atoms with Gasteiger partial charge in [0.15, 0.2) is 0 Å². The van der Waals surface area contributed by atoms with Gasteiger partial charge in [0.05, 0.1) is 11.3 Å². The average Bonchev–Trinajstić information content (AvgIpc) is 2.41. The number of nitrogens with one attached hydrogen (secondary N) is 1. The number of amides is 1. The number of rotatable bonds is 6. The van der Waals surface area contributed by atoms with Gasteiger partial charge >= 0.3 is 0 Å². The first-order valence-corrected chi connectivity index (χ1v) is 6.43. The van der Waals surface area contributed by atoms with Gasteiger partial charge in [0.2, 0.25) is 5.91 Å². The van der Waals surface area contributed by atoms with Gasteiger partial charge in [-0.15, -0.1) is 0 Å². The first-order valence-electron chi connectivity index (χ1n) is 6.43. The van der Waals surface area contributed by atoms with Crippen LogP contribution in [0.25, 0.3) is 0 Å². The molecule has 102 valence electrons. The Morgan fingerprint density at radius 1 is 1.42 bits per heavy atom. The van der Waals surface area contributed by atoms with Gasteiger partial charge in [0, 0.05) is 31.7 Å². The van der Waals surface area contributed by atoms with Crippen LogP contribution in [0.1, 0.15) is 25.8 Å². The molecule has 0 aliphatic carbocycles. The van der Waals surface area contributed by atoms with Crippen LogP contribution in [0.2, 0.25) is 0 Å². The van der Waals surface area contributed by atoms with Crippen molar-refractivity contribution in [3.8, 4) is 6.07 Å². The third kappa shape index (κ3) is 4.18. The molecule has 0 bridgehead atoms. The highest BCUT2D eigenvalue weighted by Gasteiger charge is 2.09. The van der Waals surface area contributed by atoms with Crippen molar-refractivity contribution in [3.05, 3.63) is 23.8 Å². The second-order valence-electron chi connectivity index (χ2n) is 4.16. The summed E-state index contributed by atoms with van der Waals surface area (Å²) in [5.74, 6) is 0.117.